The van der Waals surface area contributed by atoms with Gasteiger partial charge < -0.3 is 5.32 Å². The molecule has 0 saturated heterocycles. The number of carbonyl (C=O) groups is 1. The maximum Gasteiger partial charge on any atom is 0.230 e. The number of carbonyl (C=O) groups excluding carboxylic acids is 1. The van der Waals surface area contributed by atoms with Gasteiger partial charge in [0.2, 0.25) is 5.91 Å². The fraction of sp³-hybridized carbons (Fsp3) is 0.235. The van der Waals surface area contributed by atoms with Crippen LogP contribution in [0.5, 0.6) is 0 Å². The van der Waals surface area contributed by atoms with Gasteiger partial charge in [0.25, 0.3) is 0 Å². The van der Waals surface area contributed by atoms with Crippen molar-refractivity contribution >= 4 is 33.6 Å². The number of rotatable bonds is 6. The van der Waals surface area contributed by atoms with Crippen molar-refractivity contribution in [2.75, 3.05) is 5.75 Å². The first-order valence-corrected chi connectivity index (χ1v) is 8.97. The fourth-order valence-electron chi connectivity index (χ4n) is 2.01. The minimum atomic E-state index is -0.306. The second-order valence-corrected chi connectivity index (χ2v) is 6.97. The first kappa shape index (κ1) is 17.9. The van der Waals surface area contributed by atoms with E-state index < -0.39 is 0 Å². The van der Waals surface area contributed by atoms with E-state index in [0.717, 1.165) is 5.56 Å². The van der Waals surface area contributed by atoms with Gasteiger partial charge in [0.1, 0.15) is 11.6 Å². The van der Waals surface area contributed by atoms with Gasteiger partial charge in [0.15, 0.2) is 0 Å². The molecule has 1 N–H and O–H groups in total. The predicted molar refractivity (Wildman–Crippen MR) is 93.2 cm³/mol. The maximum absolute atomic E-state index is 13.7. The van der Waals surface area contributed by atoms with Crippen LogP contribution < -0.4 is 5.32 Å². The lowest BCUT2D eigenvalue weighted by atomic mass is 10.1. The molecule has 0 aliphatic carbocycles. The number of amides is 1. The summed E-state index contributed by atoms with van der Waals surface area (Å²) in [5, 5.41) is 2.84. The molecule has 0 bridgehead atoms. The Morgan fingerprint density at radius 3 is 2.57 bits per heavy atom. The molecule has 23 heavy (non-hydrogen) atoms. The zero-order valence-electron chi connectivity index (χ0n) is 12.5. The van der Waals surface area contributed by atoms with Gasteiger partial charge in [-0.3, -0.25) is 4.79 Å². The highest BCUT2D eigenvalue weighted by molar-refractivity contribution is 9.10. The highest BCUT2D eigenvalue weighted by Gasteiger charge is 2.10. The molecular weight excluding hydrogens is 384 g/mol. The number of hydrogen-bond donors (Lipinski definition) is 1. The van der Waals surface area contributed by atoms with Crippen LogP contribution in [0.3, 0.4) is 0 Å². The lowest BCUT2D eigenvalue weighted by Crippen LogP contribution is -2.28. The summed E-state index contributed by atoms with van der Waals surface area (Å²) in [4.78, 5) is 11.9. The standard InChI is InChI=1S/C17H16BrF2NOS/c1-11(12-3-6-15(19)7-4-12)21-17(22)10-23-9-13-2-5-14(18)8-16(13)20/h2-8,11H,9-10H2,1H3,(H,21,22). The molecule has 0 heterocycles. The van der Waals surface area contributed by atoms with Gasteiger partial charge in [-0.05, 0) is 42.3 Å². The van der Waals surface area contributed by atoms with Crippen LogP contribution in [0.4, 0.5) is 8.78 Å². The molecule has 6 heteroatoms. The van der Waals surface area contributed by atoms with Crippen molar-refractivity contribution in [1.29, 1.82) is 0 Å². The second-order valence-electron chi connectivity index (χ2n) is 5.07. The van der Waals surface area contributed by atoms with E-state index in [1.54, 1.807) is 24.3 Å². The van der Waals surface area contributed by atoms with E-state index in [2.05, 4.69) is 21.2 Å². The molecule has 0 aliphatic rings. The number of halogens is 3. The molecule has 0 fully saturated rings. The Bertz CT molecular complexity index is 679. The molecule has 1 unspecified atom stereocenters. The zero-order valence-corrected chi connectivity index (χ0v) is 14.9. The maximum atomic E-state index is 13.7. The third-order valence-electron chi connectivity index (χ3n) is 3.25. The molecular formula is C17H16BrF2NOS. The van der Waals surface area contributed by atoms with Crippen LogP contribution in [0.15, 0.2) is 46.9 Å². The Labute approximate surface area is 146 Å². The Kier molecular flexibility index (Phi) is 6.59. The van der Waals surface area contributed by atoms with E-state index in [-0.39, 0.29) is 29.3 Å². The van der Waals surface area contributed by atoms with E-state index in [4.69, 9.17) is 0 Å². The molecule has 2 rings (SSSR count). The van der Waals surface area contributed by atoms with E-state index >= 15 is 0 Å². The normalized spacial score (nSPS) is 12.0. The minimum Gasteiger partial charge on any atom is -0.349 e. The average molecular weight is 400 g/mol. The van der Waals surface area contributed by atoms with Crippen LogP contribution in [0.1, 0.15) is 24.1 Å². The highest BCUT2D eigenvalue weighted by atomic mass is 79.9. The van der Waals surface area contributed by atoms with Crippen LogP contribution in [-0.4, -0.2) is 11.7 Å². The van der Waals surface area contributed by atoms with Crippen LogP contribution in [0.25, 0.3) is 0 Å². The predicted octanol–water partition coefficient (Wildman–Crippen LogP) is 4.84. The van der Waals surface area contributed by atoms with Crippen LogP contribution in [0, 0.1) is 11.6 Å². The largest absolute Gasteiger partial charge is 0.349 e. The Morgan fingerprint density at radius 1 is 1.22 bits per heavy atom. The molecule has 2 aromatic rings. The van der Waals surface area contributed by atoms with Gasteiger partial charge >= 0.3 is 0 Å². The van der Waals surface area contributed by atoms with Crippen LogP contribution >= 0.6 is 27.7 Å². The summed E-state index contributed by atoms with van der Waals surface area (Å²) in [5.74, 6) is -0.0611. The van der Waals surface area contributed by atoms with Crippen molar-refractivity contribution in [2.45, 2.75) is 18.7 Å². The zero-order chi connectivity index (χ0) is 16.8. The SMILES string of the molecule is CC(NC(=O)CSCc1ccc(Br)cc1F)c1ccc(F)cc1. The lowest BCUT2D eigenvalue weighted by Gasteiger charge is -2.14. The summed E-state index contributed by atoms with van der Waals surface area (Å²) < 4.78 is 27.2. The Hall–Kier alpha value is -1.40. The van der Waals surface area contributed by atoms with E-state index in [9.17, 15) is 13.6 Å². The molecule has 2 aromatic carbocycles. The first-order chi connectivity index (χ1) is 11.0. The molecule has 0 saturated carbocycles. The summed E-state index contributed by atoms with van der Waals surface area (Å²) in [6.45, 7) is 1.84. The van der Waals surface area contributed by atoms with Gasteiger partial charge in [-0.15, -0.1) is 11.8 Å². The first-order valence-electron chi connectivity index (χ1n) is 7.02. The van der Waals surface area contributed by atoms with Crippen molar-refractivity contribution in [3.05, 3.63) is 69.7 Å². The summed E-state index contributed by atoms with van der Waals surface area (Å²) in [6.07, 6.45) is 0. The molecule has 2 nitrogen and oxygen atoms in total. The van der Waals surface area contributed by atoms with E-state index in [1.165, 1.54) is 30.0 Å². The summed E-state index contributed by atoms with van der Waals surface area (Å²) in [7, 11) is 0. The number of thioether (sulfide) groups is 1. The Morgan fingerprint density at radius 2 is 1.91 bits per heavy atom. The molecule has 122 valence electrons. The third-order valence-corrected chi connectivity index (χ3v) is 4.73. The smallest absolute Gasteiger partial charge is 0.230 e. The van der Waals surface area contributed by atoms with E-state index in [0.29, 0.717) is 15.8 Å². The summed E-state index contributed by atoms with van der Waals surface area (Å²) >= 11 is 4.55. The topological polar surface area (TPSA) is 29.1 Å². The highest BCUT2D eigenvalue weighted by Crippen LogP contribution is 2.20. The molecule has 0 aliphatic heterocycles. The van der Waals surface area contributed by atoms with E-state index in [1.807, 2.05) is 6.92 Å². The summed E-state index contributed by atoms with van der Waals surface area (Å²) in [6, 6.07) is 10.7. The lowest BCUT2D eigenvalue weighted by molar-refractivity contribution is -0.119. The van der Waals surface area contributed by atoms with Gasteiger partial charge in [0.05, 0.1) is 11.8 Å². The fourth-order valence-corrected chi connectivity index (χ4v) is 3.17. The molecule has 0 aromatic heterocycles. The third kappa shape index (κ3) is 5.62. The van der Waals surface area contributed by atoms with Crippen LogP contribution in [0.2, 0.25) is 0 Å². The molecule has 1 amide bonds. The number of hydrogen-bond acceptors (Lipinski definition) is 2. The number of benzene rings is 2. The van der Waals surface area contributed by atoms with Gasteiger partial charge in [-0.25, -0.2) is 8.78 Å². The van der Waals surface area contributed by atoms with Crippen molar-refractivity contribution in [2.24, 2.45) is 0 Å². The second kappa shape index (κ2) is 8.45. The van der Waals surface area contributed by atoms with Crippen LogP contribution in [-0.2, 0) is 10.5 Å². The molecule has 1 atom stereocenters. The van der Waals surface area contributed by atoms with Gasteiger partial charge in [0, 0.05) is 10.2 Å². The van der Waals surface area contributed by atoms with Gasteiger partial charge in [-0.2, -0.15) is 0 Å². The van der Waals surface area contributed by atoms with Crippen molar-refractivity contribution in [1.82, 2.24) is 5.32 Å². The Balaban J connectivity index is 1.79. The monoisotopic (exact) mass is 399 g/mol. The summed E-state index contributed by atoms with van der Waals surface area (Å²) in [5.41, 5.74) is 1.40. The van der Waals surface area contributed by atoms with Gasteiger partial charge in [-0.1, -0.05) is 34.1 Å². The number of nitrogens with one attached hydrogen (secondary N) is 1. The molecule has 0 spiro atoms. The van der Waals surface area contributed by atoms with Crippen molar-refractivity contribution < 1.29 is 13.6 Å². The quantitative estimate of drug-likeness (QED) is 0.752. The minimum absolute atomic E-state index is 0.135. The average Bonchev–Trinajstić information content (AvgIpc) is 2.50. The van der Waals surface area contributed by atoms with Crippen molar-refractivity contribution in [3.63, 3.8) is 0 Å². The van der Waals surface area contributed by atoms with Crippen molar-refractivity contribution in [3.8, 4) is 0 Å². The molecule has 0 radical (unpaired) electrons.